The number of esters is 1. The van der Waals surface area contributed by atoms with Crippen LogP contribution in [0.1, 0.15) is 51.8 Å². The first-order valence-corrected chi connectivity index (χ1v) is 12.4. The standard InChI is InChI=1S/C26H25N5O3S/c1-16-14-17(2)31-25(27-16)29-26(30-31)35-15-19-10-6-7-11-21(19)24(33)34-22(18-8-4-3-5-9-18)23(32)28-20-12-13-20/h3-11,14,20,22H,12-13,15H2,1-2H3,(H,28,32). The van der Waals surface area contributed by atoms with Gasteiger partial charge in [0.1, 0.15) is 0 Å². The molecule has 0 saturated heterocycles. The van der Waals surface area contributed by atoms with Crippen molar-refractivity contribution < 1.29 is 14.3 Å². The minimum absolute atomic E-state index is 0.163. The summed E-state index contributed by atoms with van der Waals surface area (Å²) in [4.78, 5) is 35.0. The molecule has 1 atom stereocenters. The summed E-state index contributed by atoms with van der Waals surface area (Å²) in [7, 11) is 0. The average Bonchev–Trinajstić information content (AvgIpc) is 3.57. The molecule has 1 aliphatic rings. The van der Waals surface area contributed by atoms with Crippen LogP contribution in [0.15, 0.2) is 65.8 Å². The minimum atomic E-state index is -1.01. The molecule has 1 saturated carbocycles. The first-order valence-electron chi connectivity index (χ1n) is 11.5. The Bertz CT molecular complexity index is 1380. The van der Waals surface area contributed by atoms with E-state index in [1.54, 1.807) is 28.8 Å². The van der Waals surface area contributed by atoms with E-state index in [2.05, 4.69) is 20.4 Å². The van der Waals surface area contributed by atoms with Crippen LogP contribution in [0, 0.1) is 13.8 Å². The van der Waals surface area contributed by atoms with Crippen LogP contribution in [0.2, 0.25) is 0 Å². The molecular formula is C26H25N5O3S. The van der Waals surface area contributed by atoms with Gasteiger partial charge in [0, 0.05) is 28.7 Å². The van der Waals surface area contributed by atoms with Gasteiger partial charge >= 0.3 is 5.97 Å². The number of nitrogens with zero attached hydrogens (tertiary/aromatic N) is 4. The Morgan fingerprint density at radius 1 is 1.09 bits per heavy atom. The predicted molar refractivity (Wildman–Crippen MR) is 132 cm³/mol. The van der Waals surface area contributed by atoms with Crippen molar-refractivity contribution >= 4 is 29.4 Å². The number of hydrogen-bond donors (Lipinski definition) is 1. The third-order valence-corrected chi connectivity index (χ3v) is 6.57. The molecule has 35 heavy (non-hydrogen) atoms. The SMILES string of the molecule is Cc1cc(C)n2nc(SCc3ccccc3C(=O)OC(C(=O)NC3CC3)c3ccccc3)nc2n1. The van der Waals surface area contributed by atoms with Crippen LogP contribution in [0.4, 0.5) is 0 Å². The molecule has 2 heterocycles. The van der Waals surface area contributed by atoms with Crippen LogP contribution >= 0.6 is 11.8 Å². The van der Waals surface area contributed by atoms with Gasteiger partial charge in [0.05, 0.1) is 5.56 Å². The highest BCUT2D eigenvalue weighted by Gasteiger charge is 2.31. The summed E-state index contributed by atoms with van der Waals surface area (Å²) in [5.74, 6) is 0.165. The van der Waals surface area contributed by atoms with Crippen LogP contribution in [0.3, 0.4) is 0 Å². The lowest BCUT2D eigenvalue weighted by molar-refractivity contribution is -0.130. The van der Waals surface area contributed by atoms with E-state index in [4.69, 9.17) is 4.74 Å². The van der Waals surface area contributed by atoms with Crippen LogP contribution < -0.4 is 5.32 Å². The highest BCUT2D eigenvalue weighted by Crippen LogP contribution is 2.27. The summed E-state index contributed by atoms with van der Waals surface area (Å²) in [5, 5.41) is 8.04. The van der Waals surface area contributed by atoms with Crippen molar-refractivity contribution in [2.75, 3.05) is 0 Å². The Morgan fingerprint density at radius 2 is 1.83 bits per heavy atom. The van der Waals surface area contributed by atoms with Gasteiger partial charge < -0.3 is 10.1 Å². The monoisotopic (exact) mass is 487 g/mol. The third kappa shape index (κ3) is 5.35. The molecule has 9 heteroatoms. The summed E-state index contributed by atoms with van der Waals surface area (Å²) in [6.45, 7) is 3.88. The second-order valence-corrected chi connectivity index (χ2v) is 9.51. The molecule has 1 aliphatic carbocycles. The average molecular weight is 488 g/mol. The zero-order chi connectivity index (χ0) is 24.4. The number of hydrogen-bond acceptors (Lipinski definition) is 7. The summed E-state index contributed by atoms with van der Waals surface area (Å²) >= 11 is 1.41. The maximum atomic E-state index is 13.2. The number of carbonyl (C=O) groups excluding carboxylic acids is 2. The van der Waals surface area contributed by atoms with Crippen LogP contribution in [-0.2, 0) is 15.3 Å². The smallest absolute Gasteiger partial charge is 0.339 e. The van der Waals surface area contributed by atoms with E-state index in [0.29, 0.717) is 27.8 Å². The largest absolute Gasteiger partial charge is 0.444 e. The van der Waals surface area contributed by atoms with E-state index in [0.717, 1.165) is 29.8 Å². The molecule has 1 amide bonds. The number of ether oxygens (including phenoxy) is 1. The van der Waals surface area contributed by atoms with E-state index in [9.17, 15) is 9.59 Å². The van der Waals surface area contributed by atoms with Gasteiger partial charge in [0.15, 0.2) is 0 Å². The quantitative estimate of drug-likeness (QED) is 0.294. The molecule has 2 aromatic carbocycles. The number of fused-ring (bicyclic) bond motifs is 1. The molecule has 0 spiro atoms. The van der Waals surface area contributed by atoms with E-state index >= 15 is 0 Å². The van der Waals surface area contributed by atoms with Crippen molar-refractivity contribution in [3.8, 4) is 0 Å². The predicted octanol–water partition coefficient (Wildman–Crippen LogP) is 4.21. The van der Waals surface area contributed by atoms with Crippen LogP contribution in [0.5, 0.6) is 0 Å². The van der Waals surface area contributed by atoms with Crippen molar-refractivity contribution in [1.82, 2.24) is 24.9 Å². The van der Waals surface area contributed by atoms with Crippen molar-refractivity contribution in [1.29, 1.82) is 0 Å². The number of amides is 1. The third-order valence-electron chi connectivity index (χ3n) is 5.68. The fourth-order valence-electron chi connectivity index (χ4n) is 3.77. The van der Waals surface area contributed by atoms with Crippen LogP contribution in [-0.4, -0.2) is 37.5 Å². The molecular weight excluding hydrogens is 462 g/mol. The first kappa shape index (κ1) is 23.0. The van der Waals surface area contributed by atoms with E-state index in [1.807, 2.05) is 50.2 Å². The highest BCUT2D eigenvalue weighted by atomic mass is 32.2. The van der Waals surface area contributed by atoms with Gasteiger partial charge in [-0.3, -0.25) is 4.79 Å². The molecule has 2 aromatic heterocycles. The lowest BCUT2D eigenvalue weighted by Crippen LogP contribution is -2.33. The Hall–Kier alpha value is -3.72. The second kappa shape index (κ2) is 9.87. The van der Waals surface area contributed by atoms with Crippen molar-refractivity contribution in [3.63, 3.8) is 0 Å². The second-order valence-electron chi connectivity index (χ2n) is 8.57. The maximum absolute atomic E-state index is 13.2. The Balaban J connectivity index is 1.34. The van der Waals surface area contributed by atoms with Gasteiger partial charge in [-0.2, -0.15) is 4.98 Å². The zero-order valence-electron chi connectivity index (χ0n) is 19.5. The van der Waals surface area contributed by atoms with Gasteiger partial charge in [-0.1, -0.05) is 60.3 Å². The van der Waals surface area contributed by atoms with Crippen molar-refractivity contribution in [2.45, 2.75) is 49.7 Å². The van der Waals surface area contributed by atoms with E-state index < -0.39 is 12.1 Å². The highest BCUT2D eigenvalue weighted by molar-refractivity contribution is 7.98. The maximum Gasteiger partial charge on any atom is 0.339 e. The molecule has 0 radical (unpaired) electrons. The van der Waals surface area contributed by atoms with Gasteiger partial charge in [-0.25, -0.2) is 14.3 Å². The van der Waals surface area contributed by atoms with Crippen molar-refractivity contribution in [2.24, 2.45) is 0 Å². The van der Waals surface area contributed by atoms with E-state index in [1.165, 1.54) is 11.8 Å². The number of aromatic nitrogens is 4. The number of rotatable bonds is 8. The fraction of sp³-hybridized carbons (Fsp3) is 0.269. The van der Waals surface area contributed by atoms with Gasteiger partial charge in [-0.05, 0) is 44.4 Å². The minimum Gasteiger partial charge on any atom is -0.444 e. The normalized spacial score (nSPS) is 14.0. The first-order chi connectivity index (χ1) is 17.0. The van der Waals surface area contributed by atoms with Gasteiger partial charge in [0.2, 0.25) is 11.3 Å². The molecule has 1 N–H and O–H groups in total. The van der Waals surface area contributed by atoms with Gasteiger partial charge in [-0.15, -0.1) is 5.10 Å². The Labute approximate surface area is 207 Å². The zero-order valence-corrected chi connectivity index (χ0v) is 20.3. The molecule has 4 aromatic rings. The molecule has 1 unspecified atom stereocenters. The molecule has 0 bridgehead atoms. The number of thioether (sulfide) groups is 1. The van der Waals surface area contributed by atoms with Crippen LogP contribution in [0.25, 0.3) is 5.78 Å². The van der Waals surface area contributed by atoms with Gasteiger partial charge in [0.25, 0.3) is 11.7 Å². The lowest BCUT2D eigenvalue weighted by Gasteiger charge is -2.19. The summed E-state index contributed by atoms with van der Waals surface area (Å²) < 4.78 is 7.48. The topological polar surface area (TPSA) is 98.5 Å². The summed E-state index contributed by atoms with van der Waals surface area (Å²) in [6.07, 6.45) is 0.891. The number of nitrogens with one attached hydrogen (secondary N) is 1. The Kier molecular flexibility index (Phi) is 6.50. The molecule has 0 aliphatic heterocycles. The summed E-state index contributed by atoms with van der Waals surface area (Å²) in [5.41, 5.74) is 3.65. The lowest BCUT2D eigenvalue weighted by atomic mass is 10.1. The summed E-state index contributed by atoms with van der Waals surface area (Å²) in [6, 6.07) is 18.4. The molecule has 178 valence electrons. The van der Waals surface area contributed by atoms with E-state index in [-0.39, 0.29) is 11.9 Å². The molecule has 8 nitrogen and oxygen atoms in total. The Morgan fingerprint density at radius 3 is 2.60 bits per heavy atom. The molecule has 5 rings (SSSR count). The van der Waals surface area contributed by atoms with Crippen molar-refractivity contribution in [3.05, 3.63) is 88.7 Å². The molecule has 1 fully saturated rings. The number of carbonyl (C=O) groups is 2. The number of aryl methyl sites for hydroxylation is 2. The number of benzene rings is 2. The fourth-order valence-corrected chi connectivity index (χ4v) is 4.59.